The molecule has 0 radical (unpaired) electrons. The van der Waals surface area contributed by atoms with E-state index in [1.54, 1.807) is 20.3 Å². The normalized spacial score (nSPS) is 13.6. The number of unbranched alkanes of at least 4 members (excludes halogenated alkanes) is 2. The van der Waals surface area contributed by atoms with Crippen LogP contribution in [0.15, 0.2) is 66.7 Å². The lowest BCUT2D eigenvalue weighted by atomic mass is 9.91. The number of aromatic hydroxyl groups is 1. The maximum Gasteiger partial charge on any atom is 0.172 e. The summed E-state index contributed by atoms with van der Waals surface area (Å²) in [6.07, 6.45) is 3.96. The van der Waals surface area contributed by atoms with Gasteiger partial charge in [-0.3, -0.25) is 5.32 Å². The van der Waals surface area contributed by atoms with Crippen LogP contribution in [0.2, 0.25) is 0 Å². The average molecular weight is 408 g/mol. The first-order valence-corrected chi connectivity index (χ1v) is 10.8. The van der Waals surface area contributed by atoms with E-state index in [0.717, 1.165) is 47.6 Å². The number of fused-ring (bicyclic) bond motifs is 1. The lowest BCUT2D eigenvalue weighted by molar-refractivity contribution is -0.125. The van der Waals surface area contributed by atoms with Crippen LogP contribution in [0, 0.1) is 0 Å². The first kappa shape index (κ1) is 22.3. The molecule has 3 rings (SSSR count). The maximum atomic E-state index is 10.9. The van der Waals surface area contributed by atoms with Crippen LogP contribution in [0.3, 0.4) is 0 Å². The molecular formula is C26H33NO3. The summed E-state index contributed by atoms with van der Waals surface area (Å²) in [5.74, 6) is 0.286. The first-order chi connectivity index (χ1) is 14.7. The highest BCUT2D eigenvalue weighted by Gasteiger charge is 2.28. The molecule has 2 N–H and O–H groups in total. The summed E-state index contributed by atoms with van der Waals surface area (Å²) >= 11 is 0. The van der Waals surface area contributed by atoms with Crippen LogP contribution >= 0.6 is 0 Å². The van der Waals surface area contributed by atoms with Gasteiger partial charge in [-0.25, -0.2) is 0 Å². The van der Waals surface area contributed by atoms with Gasteiger partial charge in [0.05, 0.1) is 12.1 Å². The van der Waals surface area contributed by atoms with Crippen molar-refractivity contribution in [2.24, 2.45) is 0 Å². The Balaban J connectivity index is 2.07. The number of hydrogen-bond donors (Lipinski definition) is 2. The van der Waals surface area contributed by atoms with Crippen molar-refractivity contribution in [1.82, 2.24) is 5.32 Å². The van der Waals surface area contributed by atoms with E-state index in [1.165, 1.54) is 0 Å². The molecule has 0 amide bonds. The zero-order valence-corrected chi connectivity index (χ0v) is 18.2. The molecule has 30 heavy (non-hydrogen) atoms. The lowest BCUT2D eigenvalue weighted by Gasteiger charge is -2.32. The number of nitrogens with one attached hydrogen (secondary N) is 1. The molecule has 0 aromatic heterocycles. The zero-order chi connectivity index (χ0) is 21.3. The fourth-order valence-corrected chi connectivity index (χ4v) is 4.13. The molecule has 4 nitrogen and oxygen atoms in total. The topological polar surface area (TPSA) is 50.7 Å². The van der Waals surface area contributed by atoms with E-state index in [9.17, 15) is 5.11 Å². The molecule has 0 fully saturated rings. The summed E-state index contributed by atoms with van der Waals surface area (Å²) in [5.41, 5.74) is 1.97. The number of phenols is 1. The molecule has 0 saturated carbocycles. The summed E-state index contributed by atoms with van der Waals surface area (Å²) in [5, 5.41) is 16.8. The first-order valence-electron chi connectivity index (χ1n) is 10.8. The second-order valence-electron chi connectivity index (χ2n) is 7.67. The predicted octanol–water partition coefficient (Wildman–Crippen LogP) is 5.79. The Labute approximate surface area is 179 Å². The zero-order valence-electron chi connectivity index (χ0n) is 18.2. The lowest BCUT2D eigenvalue weighted by Crippen LogP contribution is -2.44. The van der Waals surface area contributed by atoms with Gasteiger partial charge < -0.3 is 14.6 Å². The van der Waals surface area contributed by atoms with Crippen molar-refractivity contribution in [3.63, 3.8) is 0 Å². The van der Waals surface area contributed by atoms with E-state index in [0.29, 0.717) is 0 Å². The Bertz CT molecular complexity index is 909. The van der Waals surface area contributed by atoms with Crippen LogP contribution in [0.25, 0.3) is 10.8 Å². The minimum Gasteiger partial charge on any atom is -0.508 e. The molecule has 3 aromatic rings. The molecule has 0 saturated heterocycles. The standard InChI is InChI=1S/C26H33NO3/c1-4-5-7-16-22(26(29-2)30-3)27-25(20-13-8-6-9-14-20)24-21-15-11-10-12-19(21)17-18-23(24)28/h6,8-15,17-18,22,25-28H,4-5,7,16H2,1-3H3. The van der Waals surface area contributed by atoms with Gasteiger partial charge in [-0.05, 0) is 28.8 Å². The third kappa shape index (κ3) is 5.20. The molecule has 0 aliphatic heterocycles. The second kappa shape index (κ2) is 11.1. The molecular weight excluding hydrogens is 374 g/mol. The number of methoxy groups -OCH3 is 2. The van der Waals surface area contributed by atoms with Crippen molar-refractivity contribution in [2.75, 3.05) is 14.2 Å². The van der Waals surface area contributed by atoms with Crippen LogP contribution in [0.1, 0.15) is 49.8 Å². The number of ether oxygens (including phenoxy) is 2. The largest absolute Gasteiger partial charge is 0.508 e. The quantitative estimate of drug-likeness (QED) is 0.312. The summed E-state index contributed by atoms with van der Waals surface area (Å²) < 4.78 is 11.3. The van der Waals surface area contributed by atoms with E-state index in [4.69, 9.17) is 9.47 Å². The molecule has 2 atom stereocenters. The molecule has 0 spiro atoms. The number of rotatable bonds is 11. The number of benzene rings is 3. The maximum absolute atomic E-state index is 10.9. The minimum atomic E-state index is -0.370. The van der Waals surface area contributed by atoms with E-state index >= 15 is 0 Å². The van der Waals surface area contributed by atoms with Gasteiger partial charge in [-0.1, -0.05) is 86.8 Å². The van der Waals surface area contributed by atoms with Crippen molar-refractivity contribution in [1.29, 1.82) is 0 Å². The molecule has 0 bridgehead atoms. The predicted molar refractivity (Wildman–Crippen MR) is 123 cm³/mol. The fourth-order valence-electron chi connectivity index (χ4n) is 4.13. The van der Waals surface area contributed by atoms with Crippen LogP contribution in [-0.4, -0.2) is 31.7 Å². The van der Waals surface area contributed by atoms with Crippen molar-refractivity contribution in [3.8, 4) is 5.75 Å². The van der Waals surface area contributed by atoms with Crippen molar-refractivity contribution in [2.45, 2.75) is 51.0 Å². The molecule has 160 valence electrons. The van der Waals surface area contributed by atoms with Gasteiger partial charge in [0, 0.05) is 19.8 Å². The summed E-state index contributed by atoms with van der Waals surface area (Å²) in [7, 11) is 3.35. The van der Waals surface area contributed by atoms with Crippen LogP contribution in [-0.2, 0) is 9.47 Å². The van der Waals surface area contributed by atoms with Crippen molar-refractivity contribution < 1.29 is 14.6 Å². The van der Waals surface area contributed by atoms with Crippen molar-refractivity contribution >= 4 is 10.8 Å². The Kier molecular flexibility index (Phi) is 8.26. The summed E-state index contributed by atoms with van der Waals surface area (Å²) in [6.45, 7) is 2.20. The van der Waals surface area contributed by atoms with E-state index in [-0.39, 0.29) is 24.1 Å². The van der Waals surface area contributed by atoms with Gasteiger partial charge in [0.25, 0.3) is 0 Å². The monoisotopic (exact) mass is 407 g/mol. The van der Waals surface area contributed by atoms with E-state index < -0.39 is 0 Å². The Morgan fingerprint density at radius 1 is 0.867 bits per heavy atom. The Hall–Kier alpha value is -2.40. The number of phenolic OH excluding ortho intramolecular Hbond substituents is 1. The van der Waals surface area contributed by atoms with E-state index in [2.05, 4.69) is 36.5 Å². The highest BCUT2D eigenvalue weighted by molar-refractivity contribution is 5.88. The molecule has 0 aliphatic rings. The molecule has 2 unspecified atom stereocenters. The summed E-state index contributed by atoms with van der Waals surface area (Å²) in [4.78, 5) is 0. The SMILES string of the molecule is CCCCCC(NC(c1ccccc1)c1c(O)ccc2ccccc12)C(OC)OC. The minimum absolute atomic E-state index is 0.0184. The van der Waals surface area contributed by atoms with Gasteiger partial charge in [0.15, 0.2) is 6.29 Å². The third-order valence-corrected chi connectivity index (χ3v) is 5.66. The van der Waals surface area contributed by atoms with Crippen LogP contribution in [0.5, 0.6) is 5.75 Å². The smallest absolute Gasteiger partial charge is 0.172 e. The molecule has 3 aromatic carbocycles. The Morgan fingerprint density at radius 2 is 1.57 bits per heavy atom. The fraction of sp³-hybridized carbons (Fsp3) is 0.385. The highest BCUT2D eigenvalue weighted by Crippen LogP contribution is 2.36. The van der Waals surface area contributed by atoms with Crippen LogP contribution < -0.4 is 5.32 Å². The van der Waals surface area contributed by atoms with Crippen molar-refractivity contribution in [3.05, 3.63) is 77.9 Å². The van der Waals surface area contributed by atoms with Gasteiger partial charge >= 0.3 is 0 Å². The van der Waals surface area contributed by atoms with Crippen LogP contribution in [0.4, 0.5) is 0 Å². The molecule has 4 heteroatoms. The third-order valence-electron chi connectivity index (χ3n) is 5.66. The highest BCUT2D eigenvalue weighted by atomic mass is 16.7. The average Bonchev–Trinajstić information content (AvgIpc) is 2.79. The van der Waals surface area contributed by atoms with Gasteiger partial charge in [-0.15, -0.1) is 0 Å². The molecule has 0 aliphatic carbocycles. The second-order valence-corrected chi connectivity index (χ2v) is 7.67. The van der Waals surface area contributed by atoms with Gasteiger partial charge in [0.2, 0.25) is 0 Å². The van der Waals surface area contributed by atoms with Gasteiger partial charge in [0.1, 0.15) is 5.75 Å². The number of hydrogen-bond acceptors (Lipinski definition) is 4. The Morgan fingerprint density at radius 3 is 2.27 bits per heavy atom. The van der Waals surface area contributed by atoms with E-state index in [1.807, 2.05) is 36.4 Å². The van der Waals surface area contributed by atoms with Gasteiger partial charge in [-0.2, -0.15) is 0 Å². The molecule has 0 heterocycles. The summed E-state index contributed by atoms with van der Waals surface area (Å²) in [6, 6.07) is 22.0.